The van der Waals surface area contributed by atoms with Crippen molar-refractivity contribution in [2.75, 3.05) is 17.3 Å². The Kier molecular flexibility index (Phi) is 5.32. The third kappa shape index (κ3) is 4.20. The van der Waals surface area contributed by atoms with Gasteiger partial charge in [0.1, 0.15) is 0 Å². The van der Waals surface area contributed by atoms with Gasteiger partial charge in [-0.1, -0.05) is 26.0 Å². The lowest BCUT2D eigenvalue weighted by Gasteiger charge is -2.11. The first-order valence-corrected chi connectivity index (χ1v) is 7.04. The van der Waals surface area contributed by atoms with E-state index in [-0.39, 0.29) is 12.5 Å². The molecule has 6 nitrogen and oxygen atoms in total. The van der Waals surface area contributed by atoms with Gasteiger partial charge in [-0.15, -0.1) is 0 Å². The van der Waals surface area contributed by atoms with E-state index in [9.17, 15) is 4.79 Å². The lowest BCUT2D eigenvalue weighted by atomic mass is 10.0. The number of ether oxygens (including phenoxy) is 1. The number of nitrogens with zero attached hydrogens (tertiary/aromatic N) is 1. The highest BCUT2D eigenvalue weighted by Crippen LogP contribution is 2.20. The predicted octanol–water partition coefficient (Wildman–Crippen LogP) is 2.51. The summed E-state index contributed by atoms with van der Waals surface area (Å²) in [4.78, 5) is 15.9. The molecule has 0 saturated heterocycles. The van der Waals surface area contributed by atoms with Crippen molar-refractivity contribution in [1.29, 1.82) is 0 Å². The number of amides is 1. The molecule has 0 radical (unpaired) electrons. The summed E-state index contributed by atoms with van der Waals surface area (Å²) in [6.45, 7) is 4.13. The molecule has 0 bridgehead atoms. The Bertz CT molecular complexity index is 626. The van der Waals surface area contributed by atoms with Gasteiger partial charge in [0.2, 0.25) is 0 Å². The zero-order chi connectivity index (χ0) is 15.9. The van der Waals surface area contributed by atoms with E-state index in [1.165, 1.54) is 5.56 Å². The molecule has 0 saturated carbocycles. The molecule has 0 aliphatic rings. The molecule has 22 heavy (non-hydrogen) atoms. The second-order valence-electron chi connectivity index (χ2n) is 5.11. The van der Waals surface area contributed by atoms with E-state index in [1.54, 1.807) is 18.3 Å². The van der Waals surface area contributed by atoms with Crippen LogP contribution in [-0.4, -0.2) is 17.5 Å². The first-order chi connectivity index (χ1) is 10.6. The molecule has 0 aliphatic carbocycles. The quantitative estimate of drug-likeness (QED) is 0.563. The van der Waals surface area contributed by atoms with Crippen LogP contribution in [0.15, 0.2) is 42.6 Å². The summed E-state index contributed by atoms with van der Waals surface area (Å²) in [7, 11) is 0. The van der Waals surface area contributed by atoms with Crippen molar-refractivity contribution < 1.29 is 9.53 Å². The minimum absolute atomic E-state index is 0.119. The van der Waals surface area contributed by atoms with Gasteiger partial charge in [-0.2, -0.15) is 0 Å². The maximum Gasteiger partial charge on any atom is 0.262 e. The number of nitrogens with two attached hydrogens (primary N) is 1. The number of hydrazine groups is 1. The average molecular weight is 300 g/mol. The van der Waals surface area contributed by atoms with Gasteiger partial charge in [0.05, 0.1) is 0 Å². The summed E-state index contributed by atoms with van der Waals surface area (Å²) in [5.41, 5.74) is 4.38. The number of hydrogen-bond donors (Lipinski definition) is 3. The smallest absolute Gasteiger partial charge is 0.262 e. The molecule has 116 valence electrons. The lowest BCUT2D eigenvalue weighted by Crippen LogP contribution is -2.21. The van der Waals surface area contributed by atoms with Crippen LogP contribution in [0.5, 0.6) is 5.75 Å². The molecule has 2 aromatic rings. The second kappa shape index (κ2) is 7.42. The Morgan fingerprint density at radius 2 is 2.00 bits per heavy atom. The van der Waals surface area contributed by atoms with Gasteiger partial charge in [-0.25, -0.2) is 10.8 Å². The molecular formula is C16H20N4O2. The van der Waals surface area contributed by atoms with Gasteiger partial charge in [0, 0.05) is 11.9 Å². The van der Waals surface area contributed by atoms with Crippen molar-refractivity contribution in [3.05, 3.63) is 48.2 Å². The molecule has 0 unspecified atom stereocenters. The monoisotopic (exact) mass is 300 g/mol. The fourth-order valence-corrected chi connectivity index (χ4v) is 1.91. The summed E-state index contributed by atoms with van der Waals surface area (Å²) >= 11 is 0. The second-order valence-corrected chi connectivity index (χ2v) is 5.11. The summed E-state index contributed by atoms with van der Waals surface area (Å²) < 4.78 is 5.41. The number of rotatable bonds is 6. The van der Waals surface area contributed by atoms with Gasteiger partial charge >= 0.3 is 0 Å². The highest BCUT2D eigenvalue weighted by Gasteiger charge is 2.07. The van der Waals surface area contributed by atoms with Crippen molar-refractivity contribution in [3.8, 4) is 5.75 Å². The molecule has 0 fully saturated rings. The zero-order valence-corrected chi connectivity index (χ0v) is 12.7. The number of nitrogens with one attached hydrogen (secondary N) is 2. The number of nitrogen functional groups attached to an aromatic ring is 1. The van der Waals surface area contributed by atoms with Crippen molar-refractivity contribution in [2.45, 2.75) is 19.8 Å². The van der Waals surface area contributed by atoms with Gasteiger partial charge in [0.15, 0.2) is 18.2 Å². The van der Waals surface area contributed by atoms with Crippen LogP contribution in [-0.2, 0) is 4.79 Å². The molecule has 6 heteroatoms. The van der Waals surface area contributed by atoms with Crippen LogP contribution < -0.4 is 21.3 Å². The summed E-state index contributed by atoms with van der Waals surface area (Å²) in [6.07, 6.45) is 1.58. The normalized spacial score (nSPS) is 10.4. The molecule has 2 rings (SSSR count). The molecule has 0 spiro atoms. The standard InChI is InChI=1S/C16H20N4O2/c1-11(2)12-5-7-13(8-6-12)19-15(21)10-22-14-4-3-9-18-16(14)20-17/h3-9,11H,10,17H2,1-2H3,(H,18,20)(H,19,21). The minimum Gasteiger partial charge on any atom is -0.480 e. The van der Waals surface area contributed by atoms with E-state index in [4.69, 9.17) is 10.6 Å². The summed E-state index contributed by atoms with van der Waals surface area (Å²) in [5, 5.41) is 2.78. The Morgan fingerprint density at radius 3 is 2.64 bits per heavy atom. The third-order valence-electron chi connectivity index (χ3n) is 3.13. The van der Waals surface area contributed by atoms with Gasteiger partial charge < -0.3 is 15.5 Å². The molecule has 1 aromatic carbocycles. The Hall–Kier alpha value is -2.60. The Morgan fingerprint density at radius 1 is 1.27 bits per heavy atom. The van der Waals surface area contributed by atoms with Gasteiger partial charge in [-0.05, 0) is 35.7 Å². The van der Waals surface area contributed by atoms with E-state index in [0.29, 0.717) is 17.5 Å². The number of benzene rings is 1. The molecule has 0 atom stereocenters. The average Bonchev–Trinajstić information content (AvgIpc) is 2.53. The van der Waals surface area contributed by atoms with Crippen LogP contribution in [0, 0.1) is 0 Å². The minimum atomic E-state index is -0.246. The van der Waals surface area contributed by atoms with Crippen molar-refractivity contribution in [3.63, 3.8) is 0 Å². The van der Waals surface area contributed by atoms with Crippen LogP contribution in [0.1, 0.15) is 25.3 Å². The fourth-order valence-electron chi connectivity index (χ4n) is 1.91. The van der Waals surface area contributed by atoms with E-state index >= 15 is 0 Å². The van der Waals surface area contributed by atoms with Crippen LogP contribution in [0.2, 0.25) is 0 Å². The van der Waals surface area contributed by atoms with E-state index < -0.39 is 0 Å². The molecule has 1 aromatic heterocycles. The van der Waals surface area contributed by atoms with Crippen LogP contribution in [0.4, 0.5) is 11.5 Å². The zero-order valence-electron chi connectivity index (χ0n) is 12.7. The number of aromatic nitrogens is 1. The first kappa shape index (κ1) is 15.8. The highest BCUT2D eigenvalue weighted by molar-refractivity contribution is 5.91. The SMILES string of the molecule is CC(C)c1ccc(NC(=O)COc2cccnc2NN)cc1. The number of anilines is 2. The topological polar surface area (TPSA) is 89.3 Å². The first-order valence-electron chi connectivity index (χ1n) is 7.04. The van der Waals surface area contributed by atoms with E-state index in [2.05, 4.69) is 29.6 Å². The van der Waals surface area contributed by atoms with E-state index in [1.807, 2.05) is 24.3 Å². The molecule has 4 N–H and O–H groups in total. The highest BCUT2D eigenvalue weighted by atomic mass is 16.5. The molecule has 1 amide bonds. The maximum atomic E-state index is 11.9. The summed E-state index contributed by atoms with van der Waals surface area (Å²) in [5.74, 6) is 6.35. The van der Waals surface area contributed by atoms with Crippen molar-refractivity contribution in [2.24, 2.45) is 5.84 Å². The van der Waals surface area contributed by atoms with Gasteiger partial charge in [-0.3, -0.25) is 4.79 Å². The van der Waals surface area contributed by atoms with Crippen molar-refractivity contribution >= 4 is 17.4 Å². The maximum absolute atomic E-state index is 11.9. The molecular weight excluding hydrogens is 280 g/mol. The van der Waals surface area contributed by atoms with E-state index in [0.717, 1.165) is 5.69 Å². The van der Waals surface area contributed by atoms with Gasteiger partial charge in [0.25, 0.3) is 5.91 Å². The largest absolute Gasteiger partial charge is 0.480 e. The molecule has 1 heterocycles. The molecule has 0 aliphatic heterocycles. The lowest BCUT2D eigenvalue weighted by molar-refractivity contribution is -0.118. The van der Waals surface area contributed by atoms with Crippen molar-refractivity contribution in [1.82, 2.24) is 4.98 Å². The predicted molar refractivity (Wildman–Crippen MR) is 86.7 cm³/mol. The third-order valence-corrected chi connectivity index (χ3v) is 3.13. The number of hydrogen-bond acceptors (Lipinski definition) is 5. The fraction of sp³-hybridized carbons (Fsp3) is 0.250. The van der Waals surface area contributed by atoms with Crippen LogP contribution >= 0.6 is 0 Å². The summed E-state index contributed by atoms with van der Waals surface area (Å²) in [6, 6.07) is 11.2. The number of carbonyl (C=O) groups excluding carboxylic acids is 1. The van der Waals surface area contributed by atoms with Crippen LogP contribution in [0.3, 0.4) is 0 Å². The number of pyridine rings is 1. The number of carbonyl (C=O) groups is 1. The Labute approximate surface area is 129 Å². The van der Waals surface area contributed by atoms with Crippen LogP contribution in [0.25, 0.3) is 0 Å². The Balaban J connectivity index is 1.90.